The molecular formula is C22H29ClN4O3S. The second-order valence-corrected chi connectivity index (χ2v) is 10.0. The van der Waals surface area contributed by atoms with Crippen LogP contribution in [0, 0.1) is 5.92 Å². The van der Waals surface area contributed by atoms with E-state index >= 15 is 0 Å². The number of fused-ring (bicyclic) bond motifs is 1. The summed E-state index contributed by atoms with van der Waals surface area (Å²) in [5.41, 5.74) is 2.06. The van der Waals surface area contributed by atoms with Crippen molar-refractivity contribution in [1.82, 2.24) is 14.8 Å². The van der Waals surface area contributed by atoms with E-state index in [1.165, 1.54) is 12.8 Å². The quantitative estimate of drug-likeness (QED) is 0.583. The van der Waals surface area contributed by atoms with Crippen LogP contribution in [0.5, 0.6) is 5.75 Å². The van der Waals surface area contributed by atoms with Crippen molar-refractivity contribution in [3.63, 3.8) is 0 Å². The topological polar surface area (TPSA) is 61.6 Å². The largest absolute Gasteiger partial charge is 0.467 e. The van der Waals surface area contributed by atoms with Crippen LogP contribution in [-0.2, 0) is 28.4 Å². The van der Waals surface area contributed by atoms with Gasteiger partial charge in [0.1, 0.15) is 5.75 Å². The van der Waals surface area contributed by atoms with E-state index in [2.05, 4.69) is 26.6 Å². The Bertz CT molecular complexity index is 910. The maximum atomic E-state index is 6.35. The second kappa shape index (κ2) is 9.57. The number of thioether (sulfide) groups is 1. The van der Waals surface area contributed by atoms with E-state index in [4.69, 9.17) is 25.8 Å². The minimum Gasteiger partial charge on any atom is -0.467 e. The zero-order chi connectivity index (χ0) is 21.2. The maximum Gasteiger partial charge on any atom is 0.228 e. The molecule has 1 atom stereocenters. The molecule has 2 saturated heterocycles. The average molecular weight is 465 g/mol. The Morgan fingerprint density at radius 1 is 1.19 bits per heavy atom. The molecular weight excluding hydrogens is 436 g/mol. The molecule has 9 heteroatoms. The van der Waals surface area contributed by atoms with E-state index in [0.717, 1.165) is 73.0 Å². The molecule has 3 aliphatic heterocycles. The number of rotatable bonds is 6. The number of piperidine rings is 1. The lowest BCUT2D eigenvalue weighted by Gasteiger charge is -2.31. The molecule has 31 heavy (non-hydrogen) atoms. The van der Waals surface area contributed by atoms with Crippen molar-refractivity contribution in [3.8, 4) is 5.75 Å². The van der Waals surface area contributed by atoms with Gasteiger partial charge in [-0.05, 0) is 43.7 Å². The Labute approximate surface area is 192 Å². The number of nitrogens with zero attached hydrogens (tertiary/aromatic N) is 4. The summed E-state index contributed by atoms with van der Waals surface area (Å²) in [5.74, 6) is 3.35. The monoisotopic (exact) mass is 464 g/mol. The van der Waals surface area contributed by atoms with Gasteiger partial charge in [-0.15, -0.1) is 10.2 Å². The Morgan fingerprint density at radius 3 is 2.87 bits per heavy atom. The molecule has 1 aromatic carbocycles. The van der Waals surface area contributed by atoms with Crippen molar-refractivity contribution < 1.29 is 14.2 Å². The summed E-state index contributed by atoms with van der Waals surface area (Å²) >= 11 is 8.03. The number of anilines is 1. The molecule has 2 fully saturated rings. The van der Waals surface area contributed by atoms with Crippen LogP contribution in [0.3, 0.4) is 0 Å². The lowest BCUT2D eigenvalue weighted by atomic mass is 10.00. The fourth-order valence-electron chi connectivity index (χ4n) is 4.49. The van der Waals surface area contributed by atoms with Gasteiger partial charge in [-0.3, -0.25) is 4.57 Å². The normalized spacial score (nSPS) is 21.9. The SMILES string of the molecule is CC1CCN(c2nnc(SCc3cc(Cl)cc4c3OCOC4)n2CC2CCCO2)CC1. The van der Waals surface area contributed by atoms with Crippen LogP contribution in [0.1, 0.15) is 43.7 Å². The van der Waals surface area contributed by atoms with E-state index < -0.39 is 0 Å². The first-order valence-electron chi connectivity index (χ1n) is 11.1. The number of aromatic nitrogens is 3. The Hall–Kier alpha value is -1.48. The third-order valence-electron chi connectivity index (χ3n) is 6.28. The first kappa shape index (κ1) is 21.4. The van der Waals surface area contributed by atoms with Gasteiger partial charge in [0.05, 0.1) is 19.3 Å². The average Bonchev–Trinajstić information content (AvgIpc) is 3.43. The van der Waals surface area contributed by atoms with Gasteiger partial charge in [-0.1, -0.05) is 30.3 Å². The number of hydrogen-bond donors (Lipinski definition) is 0. The standard InChI is InChI=1S/C22H29ClN4O3S/c1-15-4-6-26(7-5-15)21-24-25-22(27(21)11-19-3-2-8-29-19)31-13-17-10-18(23)9-16-12-28-14-30-20(16)17/h9-10,15,19H,2-8,11-14H2,1H3. The predicted molar refractivity (Wildman–Crippen MR) is 121 cm³/mol. The Morgan fingerprint density at radius 2 is 2.06 bits per heavy atom. The molecule has 0 N–H and O–H groups in total. The molecule has 0 aliphatic carbocycles. The van der Waals surface area contributed by atoms with Crippen molar-refractivity contribution >= 4 is 29.3 Å². The van der Waals surface area contributed by atoms with Gasteiger partial charge in [0.15, 0.2) is 11.9 Å². The highest BCUT2D eigenvalue weighted by atomic mass is 35.5. The summed E-state index contributed by atoms with van der Waals surface area (Å²) in [6, 6.07) is 3.89. The molecule has 2 aromatic rings. The second-order valence-electron chi connectivity index (χ2n) is 8.65. The van der Waals surface area contributed by atoms with Crippen LogP contribution in [0.4, 0.5) is 5.95 Å². The highest BCUT2D eigenvalue weighted by Gasteiger charge is 2.26. The predicted octanol–water partition coefficient (Wildman–Crippen LogP) is 4.51. The van der Waals surface area contributed by atoms with Crippen molar-refractivity contribution in [2.24, 2.45) is 5.92 Å². The van der Waals surface area contributed by atoms with Crippen molar-refractivity contribution in [2.45, 2.75) is 62.8 Å². The third kappa shape index (κ3) is 4.82. The minimum absolute atomic E-state index is 0.234. The van der Waals surface area contributed by atoms with Crippen LogP contribution >= 0.6 is 23.4 Å². The fraction of sp³-hybridized carbons (Fsp3) is 0.636. The molecule has 0 amide bonds. The zero-order valence-electron chi connectivity index (χ0n) is 17.9. The molecule has 3 aliphatic rings. The molecule has 168 valence electrons. The van der Waals surface area contributed by atoms with E-state index in [9.17, 15) is 0 Å². The summed E-state index contributed by atoms with van der Waals surface area (Å²) < 4.78 is 19.4. The highest BCUT2D eigenvalue weighted by molar-refractivity contribution is 7.98. The maximum absolute atomic E-state index is 6.35. The van der Waals surface area contributed by atoms with Crippen molar-refractivity contribution in [2.75, 3.05) is 31.4 Å². The van der Waals surface area contributed by atoms with Crippen LogP contribution in [0.15, 0.2) is 17.3 Å². The summed E-state index contributed by atoms with van der Waals surface area (Å²) in [7, 11) is 0. The number of ether oxygens (including phenoxy) is 3. The number of benzene rings is 1. The zero-order valence-corrected chi connectivity index (χ0v) is 19.5. The number of halogens is 1. The third-order valence-corrected chi connectivity index (χ3v) is 7.52. The van der Waals surface area contributed by atoms with E-state index in [0.29, 0.717) is 17.4 Å². The minimum atomic E-state index is 0.234. The number of hydrogen-bond acceptors (Lipinski definition) is 7. The molecule has 4 heterocycles. The molecule has 0 radical (unpaired) electrons. The highest BCUT2D eigenvalue weighted by Crippen LogP contribution is 2.36. The summed E-state index contributed by atoms with van der Waals surface area (Å²) in [6.07, 6.45) is 4.85. The molecule has 1 aromatic heterocycles. The van der Waals surface area contributed by atoms with Crippen LogP contribution in [0.2, 0.25) is 5.02 Å². The van der Waals surface area contributed by atoms with Crippen LogP contribution in [-0.4, -0.2) is 47.4 Å². The fourth-order valence-corrected chi connectivity index (χ4v) is 5.66. The molecule has 0 bridgehead atoms. The van der Waals surface area contributed by atoms with Gasteiger partial charge in [0.25, 0.3) is 0 Å². The lowest BCUT2D eigenvalue weighted by Crippen LogP contribution is -2.35. The van der Waals surface area contributed by atoms with Gasteiger partial charge < -0.3 is 19.1 Å². The summed E-state index contributed by atoms with van der Waals surface area (Å²) in [6.45, 7) is 6.85. The van der Waals surface area contributed by atoms with Gasteiger partial charge >= 0.3 is 0 Å². The molecule has 5 rings (SSSR count). The van der Waals surface area contributed by atoms with E-state index in [1.807, 2.05) is 12.1 Å². The Balaban J connectivity index is 1.38. The summed E-state index contributed by atoms with van der Waals surface area (Å²) in [5, 5.41) is 10.8. The van der Waals surface area contributed by atoms with Crippen LogP contribution < -0.4 is 9.64 Å². The van der Waals surface area contributed by atoms with Gasteiger partial charge in [0, 0.05) is 41.6 Å². The van der Waals surface area contributed by atoms with Gasteiger partial charge in [0.2, 0.25) is 5.95 Å². The van der Waals surface area contributed by atoms with Crippen LogP contribution in [0.25, 0.3) is 0 Å². The van der Waals surface area contributed by atoms with E-state index in [-0.39, 0.29) is 12.9 Å². The Kier molecular flexibility index (Phi) is 6.59. The lowest BCUT2D eigenvalue weighted by molar-refractivity contribution is -0.0168. The summed E-state index contributed by atoms with van der Waals surface area (Å²) in [4.78, 5) is 2.38. The van der Waals surface area contributed by atoms with Gasteiger partial charge in [-0.25, -0.2) is 0 Å². The van der Waals surface area contributed by atoms with Crippen molar-refractivity contribution in [1.29, 1.82) is 0 Å². The smallest absolute Gasteiger partial charge is 0.228 e. The molecule has 0 saturated carbocycles. The molecule has 0 spiro atoms. The molecule has 1 unspecified atom stereocenters. The van der Waals surface area contributed by atoms with E-state index in [1.54, 1.807) is 11.8 Å². The first-order valence-corrected chi connectivity index (χ1v) is 12.5. The van der Waals surface area contributed by atoms with Gasteiger partial charge in [-0.2, -0.15) is 0 Å². The molecule has 7 nitrogen and oxygen atoms in total. The first-order chi connectivity index (χ1) is 15.2. The van der Waals surface area contributed by atoms with Crippen molar-refractivity contribution in [3.05, 3.63) is 28.3 Å².